The molecule has 4 rings (SSSR count). The third-order valence-electron chi connectivity index (χ3n) is 6.18. The predicted molar refractivity (Wildman–Crippen MR) is 127 cm³/mol. The first-order chi connectivity index (χ1) is 15.9. The van der Waals surface area contributed by atoms with Crippen molar-refractivity contribution in [3.05, 3.63) is 39.8 Å². The molecule has 33 heavy (non-hydrogen) atoms. The Hall–Kier alpha value is -2.93. The summed E-state index contributed by atoms with van der Waals surface area (Å²) in [5.74, 6) is 1.24. The first-order valence-electron chi connectivity index (χ1n) is 11.0. The number of ether oxygens (including phenoxy) is 2. The van der Waals surface area contributed by atoms with Gasteiger partial charge in [0.1, 0.15) is 24.0 Å². The molecule has 1 aromatic carbocycles. The van der Waals surface area contributed by atoms with E-state index in [0.29, 0.717) is 41.0 Å². The number of halogens is 1. The number of methoxy groups -OCH3 is 1. The second kappa shape index (κ2) is 9.51. The Balaban J connectivity index is 1.82. The van der Waals surface area contributed by atoms with Crippen molar-refractivity contribution in [1.82, 2.24) is 24.6 Å². The van der Waals surface area contributed by atoms with E-state index in [4.69, 9.17) is 31.9 Å². The third-order valence-corrected chi connectivity index (χ3v) is 6.48. The molecular formula is C23H28ClN7O2. The van der Waals surface area contributed by atoms with Gasteiger partial charge in [-0.1, -0.05) is 11.6 Å². The number of fused-ring (bicyclic) bond motifs is 1. The van der Waals surface area contributed by atoms with Crippen LogP contribution in [0, 0.1) is 18.3 Å². The molecule has 174 valence electrons. The van der Waals surface area contributed by atoms with Crippen molar-refractivity contribution in [1.29, 1.82) is 5.26 Å². The Bertz CT molecular complexity index is 1210. The molecule has 1 aliphatic heterocycles. The molecule has 2 N–H and O–H groups in total. The van der Waals surface area contributed by atoms with Gasteiger partial charge in [-0.3, -0.25) is 4.90 Å². The van der Waals surface area contributed by atoms with Crippen molar-refractivity contribution in [3.8, 4) is 11.8 Å². The molecular weight excluding hydrogens is 442 g/mol. The Morgan fingerprint density at radius 3 is 2.79 bits per heavy atom. The van der Waals surface area contributed by atoms with Crippen LogP contribution in [0.1, 0.15) is 48.2 Å². The molecule has 0 spiro atoms. The second-order valence-electron chi connectivity index (χ2n) is 8.22. The number of benzene rings is 1. The van der Waals surface area contributed by atoms with Crippen molar-refractivity contribution >= 4 is 28.5 Å². The largest absolute Gasteiger partial charge is 0.493 e. The van der Waals surface area contributed by atoms with Crippen LogP contribution in [0.3, 0.4) is 0 Å². The number of anilines is 1. The van der Waals surface area contributed by atoms with Crippen molar-refractivity contribution < 1.29 is 9.47 Å². The molecule has 1 saturated heterocycles. The van der Waals surface area contributed by atoms with Crippen LogP contribution in [-0.4, -0.2) is 64.6 Å². The van der Waals surface area contributed by atoms with Gasteiger partial charge in [0.25, 0.3) is 0 Å². The van der Waals surface area contributed by atoms with Gasteiger partial charge < -0.3 is 15.2 Å². The van der Waals surface area contributed by atoms with Gasteiger partial charge >= 0.3 is 0 Å². The number of nitrogen functional groups attached to an aromatic ring is 1. The zero-order valence-corrected chi connectivity index (χ0v) is 20.1. The second-order valence-corrected chi connectivity index (χ2v) is 8.63. The van der Waals surface area contributed by atoms with Gasteiger partial charge in [0.2, 0.25) is 0 Å². The molecule has 0 saturated carbocycles. The molecule has 0 aliphatic carbocycles. The van der Waals surface area contributed by atoms with Gasteiger partial charge in [-0.25, -0.2) is 14.6 Å². The monoisotopic (exact) mass is 469 g/mol. The average Bonchev–Trinajstić information content (AvgIpc) is 3.11. The van der Waals surface area contributed by atoms with Gasteiger partial charge in [-0.05, 0) is 26.8 Å². The number of nitrogens with two attached hydrogens (primary N) is 1. The van der Waals surface area contributed by atoms with Crippen LogP contribution in [0.4, 0.5) is 5.82 Å². The zero-order valence-electron chi connectivity index (χ0n) is 19.3. The highest BCUT2D eigenvalue weighted by atomic mass is 35.5. The van der Waals surface area contributed by atoms with Crippen LogP contribution in [0.5, 0.6) is 5.75 Å². The average molecular weight is 470 g/mol. The number of hydrogen-bond acceptors (Lipinski definition) is 8. The molecule has 1 atom stereocenters. The highest BCUT2D eigenvalue weighted by Crippen LogP contribution is 2.44. The first kappa shape index (κ1) is 23.2. The molecule has 1 aliphatic rings. The summed E-state index contributed by atoms with van der Waals surface area (Å²) in [5, 5.41) is 15.8. The van der Waals surface area contributed by atoms with E-state index in [-0.39, 0.29) is 12.0 Å². The minimum absolute atomic E-state index is 0.150. The highest BCUT2D eigenvalue weighted by Gasteiger charge is 2.35. The fraction of sp³-hybridized carbons (Fsp3) is 0.478. The summed E-state index contributed by atoms with van der Waals surface area (Å²) >= 11 is 6.65. The Morgan fingerprint density at radius 1 is 1.36 bits per heavy atom. The quantitative estimate of drug-likeness (QED) is 0.534. The number of aromatic nitrogens is 4. The van der Waals surface area contributed by atoms with E-state index in [1.165, 1.54) is 6.33 Å². The molecule has 3 aromatic rings. The molecule has 0 bridgehead atoms. The van der Waals surface area contributed by atoms with Gasteiger partial charge in [-0.15, -0.1) is 0 Å². The van der Waals surface area contributed by atoms with E-state index < -0.39 is 0 Å². The van der Waals surface area contributed by atoms with Gasteiger partial charge in [0.15, 0.2) is 5.65 Å². The summed E-state index contributed by atoms with van der Waals surface area (Å²) in [4.78, 5) is 10.8. The van der Waals surface area contributed by atoms with Gasteiger partial charge in [0, 0.05) is 43.8 Å². The molecule has 10 heteroatoms. The predicted octanol–water partition coefficient (Wildman–Crippen LogP) is 3.30. The summed E-state index contributed by atoms with van der Waals surface area (Å²) in [7, 11) is 1.70. The lowest BCUT2D eigenvalue weighted by Gasteiger charge is -2.40. The van der Waals surface area contributed by atoms with E-state index in [0.717, 1.165) is 41.8 Å². The molecule has 3 heterocycles. The number of nitrogens with zero attached hydrogens (tertiary/aromatic N) is 6. The third kappa shape index (κ3) is 4.10. The Kier molecular flexibility index (Phi) is 6.70. The minimum atomic E-state index is -0.259. The summed E-state index contributed by atoms with van der Waals surface area (Å²) < 4.78 is 13.2. The number of rotatable bonds is 8. The molecule has 9 nitrogen and oxygen atoms in total. The van der Waals surface area contributed by atoms with E-state index in [2.05, 4.69) is 20.9 Å². The summed E-state index contributed by atoms with van der Waals surface area (Å²) in [6.07, 6.45) is 1.44. The fourth-order valence-electron chi connectivity index (χ4n) is 4.52. The van der Waals surface area contributed by atoms with Crippen LogP contribution in [0.25, 0.3) is 11.0 Å². The molecule has 0 radical (unpaired) electrons. The summed E-state index contributed by atoms with van der Waals surface area (Å²) in [5.41, 5.74) is 9.67. The van der Waals surface area contributed by atoms with E-state index >= 15 is 0 Å². The van der Waals surface area contributed by atoms with E-state index in [9.17, 15) is 5.26 Å². The molecule has 1 fully saturated rings. The minimum Gasteiger partial charge on any atom is -0.493 e. The normalized spacial score (nSPS) is 15.4. The summed E-state index contributed by atoms with van der Waals surface area (Å²) in [6, 6.07) is 3.86. The topological polar surface area (TPSA) is 115 Å². The van der Waals surface area contributed by atoms with Crippen molar-refractivity contribution in [2.45, 2.75) is 32.7 Å². The maximum atomic E-state index is 9.92. The Morgan fingerprint density at radius 2 is 2.12 bits per heavy atom. The van der Waals surface area contributed by atoms with Crippen LogP contribution < -0.4 is 10.5 Å². The Labute approximate surface area is 198 Å². The summed E-state index contributed by atoms with van der Waals surface area (Å²) in [6.45, 7) is 9.46. The zero-order chi connectivity index (χ0) is 23.7. The highest BCUT2D eigenvalue weighted by molar-refractivity contribution is 6.32. The van der Waals surface area contributed by atoms with E-state index in [1.54, 1.807) is 7.11 Å². The smallest absolute Gasteiger partial charge is 0.164 e. The van der Waals surface area contributed by atoms with Crippen LogP contribution in [0.2, 0.25) is 5.02 Å². The maximum Gasteiger partial charge on any atom is 0.164 e. The lowest BCUT2D eigenvalue weighted by molar-refractivity contribution is 0.0930. The van der Waals surface area contributed by atoms with Gasteiger partial charge in [-0.2, -0.15) is 10.4 Å². The fourth-order valence-corrected chi connectivity index (χ4v) is 4.78. The first-order valence-corrected chi connectivity index (χ1v) is 11.3. The lowest BCUT2D eigenvalue weighted by atomic mass is 9.85. The van der Waals surface area contributed by atoms with Crippen LogP contribution in [0.15, 0.2) is 12.4 Å². The molecule has 2 aromatic heterocycles. The SMILES string of the molecule is CCOc1c(C(C)n2nc(C)c3c(N)ncnc32)cc(Cl)c(C#N)c1C1CN(CCOC)C1. The molecule has 1 unspecified atom stereocenters. The van der Waals surface area contributed by atoms with Crippen molar-refractivity contribution in [2.75, 3.05) is 45.7 Å². The lowest BCUT2D eigenvalue weighted by Crippen LogP contribution is -2.46. The number of hydrogen-bond donors (Lipinski definition) is 1. The van der Waals surface area contributed by atoms with E-state index in [1.807, 2.05) is 31.5 Å². The standard InChI is InChI=1S/C23H28ClN7O2/c1-5-33-21-16(14(3)31-23-19(13(2)29-31)22(26)27-12-28-23)8-18(24)17(9-25)20(21)15-10-30(11-15)6-7-32-4/h8,12,14-15H,5-7,10-11H2,1-4H3,(H2,26,27,28). The number of aryl methyl sites for hydroxylation is 1. The van der Waals surface area contributed by atoms with Gasteiger partial charge in [0.05, 0.1) is 40.9 Å². The van der Waals surface area contributed by atoms with Crippen LogP contribution >= 0.6 is 11.6 Å². The molecule has 0 amide bonds. The van der Waals surface area contributed by atoms with Crippen LogP contribution in [-0.2, 0) is 4.74 Å². The van der Waals surface area contributed by atoms with Crippen molar-refractivity contribution in [2.24, 2.45) is 0 Å². The number of nitriles is 1. The van der Waals surface area contributed by atoms with Crippen molar-refractivity contribution in [3.63, 3.8) is 0 Å². The number of likely N-dealkylation sites (tertiary alicyclic amines) is 1. The maximum absolute atomic E-state index is 9.92.